The topological polar surface area (TPSA) is 58.4 Å². The quantitative estimate of drug-likeness (QED) is 0.856. The van der Waals surface area contributed by atoms with E-state index in [1.54, 1.807) is 17.0 Å². The van der Waals surface area contributed by atoms with Crippen LogP contribution < -0.4 is 5.32 Å². The number of nitrogens with one attached hydrogen (secondary N) is 1. The summed E-state index contributed by atoms with van der Waals surface area (Å²) in [6.45, 7) is 2.79. The highest BCUT2D eigenvalue weighted by atomic mass is 79.9. The molecule has 0 aliphatic carbocycles. The molecular weight excluding hydrogens is 377 g/mol. The zero-order chi connectivity index (χ0) is 14.8. The van der Waals surface area contributed by atoms with Crippen molar-refractivity contribution in [3.05, 3.63) is 40.4 Å². The third-order valence-corrected chi connectivity index (χ3v) is 3.78. The van der Waals surface area contributed by atoms with E-state index in [9.17, 15) is 9.18 Å². The van der Waals surface area contributed by atoms with Crippen LogP contribution in [0.1, 0.15) is 10.5 Å². The van der Waals surface area contributed by atoms with Crippen LogP contribution in [0.2, 0.25) is 0 Å². The number of amides is 1. The predicted molar refractivity (Wildman–Crippen MR) is 85.6 cm³/mol. The molecule has 3 rings (SSSR count). The maximum Gasteiger partial charge on any atom is 0.275 e. The Labute approximate surface area is 141 Å². The summed E-state index contributed by atoms with van der Waals surface area (Å²) in [6.07, 6.45) is 1.28. The number of carbonyl (C=O) groups is 1. The van der Waals surface area contributed by atoms with Gasteiger partial charge in [0.2, 0.25) is 5.89 Å². The van der Waals surface area contributed by atoms with Crippen molar-refractivity contribution < 1.29 is 13.6 Å². The van der Waals surface area contributed by atoms with Gasteiger partial charge in [-0.2, -0.15) is 0 Å². The van der Waals surface area contributed by atoms with Crippen LogP contribution in [0.5, 0.6) is 0 Å². The number of carbonyl (C=O) groups excluding carboxylic acids is 1. The molecule has 1 aromatic heterocycles. The molecule has 1 aliphatic heterocycles. The molecule has 0 spiro atoms. The summed E-state index contributed by atoms with van der Waals surface area (Å²) in [7, 11) is 0. The lowest BCUT2D eigenvalue weighted by atomic mass is 10.2. The van der Waals surface area contributed by atoms with Crippen molar-refractivity contribution in [2.75, 3.05) is 26.2 Å². The highest BCUT2D eigenvalue weighted by Crippen LogP contribution is 2.25. The Bertz CT molecular complexity index is 674. The van der Waals surface area contributed by atoms with E-state index in [0.29, 0.717) is 17.6 Å². The van der Waals surface area contributed by atoms with Crippen LogP contribution >= 0.6 is 28.3 Å². The summed E-state index contributed by atoms with van der Waals surface area (Å²) in [5, 5.41) is 3.17. The normalized spacial score (nSPS) is 14.5. The summed E-state index contributed by atoms with van der Waals surface area (Å²) >= 11 is 3.19. The van der Waals surface area contributed by atoms with Gasteiger partial charge in [0.25, 0.3) is 5.91 Å². The van der Waals surface area contributed by atoms with Crippen molar-refractivity contribution in [3.8, 4) is 11.5 Å². The fourth-order valence-electron chi connectivity index (χ4n) is 2.19. The molecule has 22 heavy (non-hydrogen) atoms. The van der Waals surface area contributed by atoms with Gasteiger partial charge in [0.15, 0.2) is 5.69 Å². The minimum atomic E-state index is -0.451. The molecule has 0 saturated carbocycles. The zero-order valence-electron chi connectivity index (χ0n) is 11.5. The predicted octanol–water partition coefficient (Wildman–Crippen LogP) is 2.71. The molecule has 1 aromatic carbocycles. The molecule has 0 radical (unpaired) electrons. The third kappa shape index (κ3) is 3.48. The number of benzene rings is 1. The molecule has 8 heteroatoms. The highest BCUT2D eigenvalue weighted by Gasteiger charge is 2.22. The van der Waals surface area contributed by atoms with Crippen molar-refractivity contribution in [3.63, 3.8) is 0 Å². The van der Waals surface area contributed by atoms with Crippen molar-refractivity contribution in [1.29, 1.82) is 0 Å². The van der Waals surface area contributed by atoms with Gasteiger partial charge in [-0.25, -0.2) is 9.37 Å². The molecule has 5 nitrogen and oxygen atoms in total. The van der Waals surface area contributed by atoms with E-state index < -0.39 is 5.82 Å². The van der Waals surface area contributed by atoms with Crippen molar-refractivity contribution in [1.82, 2.24) is 15.2 Å². The maximum atomic E-state index is 13.9. The van der Waals surface area contributed by atoms with E-state index in [0.717, 1.165) is 13.1 Å². The zero-order valence-corrected chi connectivity index (χ0v) is 13.9. The molecule has 0 bridgehead atoms. The minimum absolute atomic E-state index is 0. The van der Waals surface area contributed by atoms with E-state index in [1.807, 2.05) is 0 Å². The van der Waals surface area contributed by atoms with Gasteiger partial charge in [-0.1, -0.05) is 15.9 Å². The van der Waals surface area contributed by atoms with Crippen LogP contribution in [0.25, 0.3) is 11.5 Å². The Morgan fingerprint density at radius 1 is 1.36 bits per heavy atom. The average Bonchev–Trinajstić information content (AvgIpc) is 2.97. The largest absolute Gasteiger partial charge is 0.444 e. The Hall–Kier alpha value is -1.44. The fraction of sp³-hybridized carbons (Fsp3) is 0.286. The lowest BCUT2D eigenvalue weighted by Gasteiger charge is -2.26. The number of rotatable bonds is 2. The lowest BCUT2D eigenvalue weighted by Crippen LogP contribution is -2.46. The molecule has 1 fully saturated rings. The van der Waals surface area contributed by atoms with Gasteiger partial charge >= 0.3 is 0 Å². The van der Waals surface area contributed by atoms with Gasteiger partial charge in [-0.3, -0.25) is 4.79 Å². The van der Waals surface area contributed by atoms with Gasteiger partial charge in [0, 0.05) is 30.7 Å². The first-order valence-electron chi connectivity index (χ1n) is 6.56. The number of hydrogen-bond donors (Lipinski definition) is 1. The smallest absolute Gasteiger partial charge is 0.275 e. The second-order valence-electron chi connectivity index (χ2n) is 4.70. The van der Waals surface area contributed by atoms with E-state index in [1.165, 1.54) is 12.3 Å². The SMILES string of the molecule is Cl.O=C(c1coc(-c2ccc(Br)cc2F)n1)N1CCNCC1. The van der Waals surface area contributed by atoms with Crippen LogP contribution in [-0.4, -0.2) is 42.0 Å². The summed E-state index contributed by atoms with van der Waals surface area (Å²) in [6, 6.07) is 4.59. The Kier molecular flexibility index (Phi) is 5.55. The van der Waals surface area contributed by atoms with Gasteiger partial charge in [-0.15, -0.1) is 12.4 Å². The lowest BCUT2D eigenvalue weighted by molar-refractivity contribution is 0.0730. The molecule has 2 heterocycles. The average molecular weight is 391 g/mol. The Morgan fingerprint density at radius 3 is 2.77 bits per heavy atom. The molecule has 1 saturated heterocycles. The number of hydrogen-bond acceptors (Lipinski definition) is 4. The van der Waals surface area contributed by atoms with Crippen LogP contribution in [0.3, 0.4) is 0 Å². The number of piperazine rings is 1. The van der Waals surface area contributed by atoms with E-state index >= 15 is 0 Å². The number of oxazole rings is 1. The second kappa shape index (κ2) is 7.21. The summed E-state index contributed by atoms with van der Waals surface area (Å²) in [5.74, 6) is -0.532. The standard InChI is InChI=1S/C14H13BrFN3O2.ClH/c15-9-1-2-10(11(16)7-9)13-18-12(8-21-13)14(20)19-5-3-17-4-6-19;/h1-2,7-8,17H,3-6H2;1H. The number of halogens is 3. The van der Waals surface area contributed by atoms with Crippen molar-refractivity contribution in [2.24, 2.45) is 0 Å². The first kappa shape index (κ1) is 16.9. The molecule has 118 valence electrons. The van der Waals surface area contributed by atoms with Gasteiger partial charge < -0.3 is 14.6 Å². The van der Waals surface area contributed by atoms with Crippen molar-refractivity contribution in [2.45, 2.75) is 0 Å². The Balaban J connectivity index is 0.00000176. The van der Waals surface area contributed by atoms with Crippen molar-refractivity contribution >= 4 is 34.2 Å². The molecule has 2 aromatic rings. The summed E-state index contributed by atoms with van der Waals surface area (Å²) < 4.78 is 19.8. The van der Waals surface area contributed by atoms with Crippen LogP contribution in [0.15, 0.2) is 33.4 Å². The molecule has 1 N–H and O–H groups in total. The monoisotopic (exact) mass is 389 g/mol. The van der Waals surface area contributed by atoms with Gasteiger partial charge in [0.1, 0.15) is 12.1 Å². The molecule has 1 aliphatic rings. The van der Waals surface area contributed by atoms with Crippen LogP contribution in [0.4, 0.5) is 4.39 Å². The number of aromatic nitrogens is 1. The van der Waals surface area contributed by atoms with Gasteiger partial charge in [0.05, 0.1) is 5.56 Å². The minimum Gasteiger partial charge on any atom is -0.444 e. The molecular formula is C14H14BrClFN3O2. The Morgan fingerprint density at radius 2 is 2.09 bits per heavy atom. The fourth-order valence-corrected chi connectivity index (χ4v) is 2.52. The first-order chi connectivity index (χ1) is 10.1. The van der Waals surface area contributed by atoms with Crippen LogP contribution in [-0.2, 0) is 0 Å². The third-order valence-electron chi connectivity index (χ3n) is 3.29. The van der Waals surface area contributed by atoms with Gasteiger partial charge in [-0.05, 0) is 18.2 Å². The number of nitrogens with zero attached hydrogens (tertiary/aromatic N) is 2. The second-order valence-corrected chi connectivity index (χ2v) is 5.62. The summed E-state index contributed by atoms with van der Waals surface area (Å²) in [4.78, 5) is 18.1. The first-order valence-corrected chi connectivity index (χ1v) is 7.35. The molecule has 0 atom stereocenters. The van der Waals surface area contributed by atoms with E-state index in [4.69, 9.17) is 4.42 Å². The summed E-state index contributed by atoms with van der Waals surface area (Å²) in [5.41, 5.74) is 0.437. The van der Waals surface area contributed by atoms with Crippen LogP contribution in [0, 0.1) is 5.82 Å². The van der Waals surface area contributed by atoms with E-state index in [-0.39, 0.29) is 35.5 Å². The molecule has 1 amide bonds. The maximum absolute atomic E-state index is 13.9. The highest BCUT2D eigenvalue weighted by molar-refractivity contribution is 9.10. The molecule has 0 unspecified atom stereocenters. The van der Waals surface area contributed by atoms with E-state index in [2.05, 4.69) is 26.2 Å².